The lowest BCUT2D eigenvalue weighted by molar-refractivity contribution is -0.223. The van der Waals surface area contributed by atoms with Crippen LogP contribution in [0.4, 0.5) is 8.78 Å². The largest absolute Gasteiger partial charge is 0.507 e. The standard InChI is InChI=1S/C22H34F2O2/c1-14-8-10-15(11-9-14)22(23,24)26-16-12-17(20(2,3)4)19(25)18(13-16)21(5,6)7/h12-15,25H,8-11H2,1-7H3. The van der Waals surface area contributed by atoms with Crippen LogP contribution in [0.2, 0.25) is 0 Å². The smallest absolute Gasteiger partial charge is 0.400 e. The van der Waals surface area contributed by atoms with E-state index in [1.807, 2.05) is 41.5 Å². The number of hydrogen-bond donors (Lipinski definition) is 1. The van der Waals surface area contributed by atoms with Crippen molar-refractivity contribution >= 4 is 0 Å². The molecule has 0 bridgehead atoms. The van der Waals surface area contributed by atoms with Gasteiger partial charge in [0, 0.05) is 11.1 Å². The first-order chi connectivity index (χ1) is 11.7. The number of phenols is 1. The molecule has 26 heavy (non-hydrogen) atoms. The Hall–Kier alpha value is -1.32. The summed E-state index contributed by atoms with van der Waals surface area (Å²) in [7, 11) is 0. The second-order valence-corrected chi connectivity index (χ2v) is 9.99. The summed E-state index contributed by atoms with van der Waals surface area (Å²) < 4.78 is 34.8. The minimum atomic E-state index is -3.19. The van der Waals surface area contributed by atoms with E-state index in [1.165, 1.54) is 0 Å². The Morgan fingerprint density at radius 1 is 0.885 bits per heavy atom. The highest BCUT2D eigenvalue weighted by atomic mass is 19.3. The van der Waals surface area contributed by atoms with Crippen LogP contribution >= 0.6 is 0 Å². The van der Waals surface area contributed by atoms with Crippen molar-refractivity contribution < 1.29 is 18.6 Å². The van der Waals surface area contributed by atoms with Crippen LogP contribution in [0.3, 0.4) is 0 Å². The van der Waals surface area contributed by atoms with E-state index in [2.05, 4.69) is 6.92 Å². The van der Waals surface area contributed by atoms with E-state index in [1.54, 1.807) is 12.1 Å². The van der Waals surface area contributed by atoms with Crippen molar-refractivity contribution in [3.63, 3.8) is 0 Å². The van der Waals surface area contributed by atoms with Crippen LogP contribution < -0.4 is 4.74 Å². The zero-order valence-corrected chi connectivity index (χ0v) is 17.2. The predicted octanol–water partition coefficient (Wildman–Crippen LogP) is 6.79. The molecule has 2 rings (SSSR count). The molecule has 0 aliphatic heterocycles. The topological polar surface area (TPSA) is 29.5 Å². The first kappa shape index (κ1) is 21.0. The third-order valence-electron chi connectivity index (χ3n) is 5.44. The molecule has 0 unspecified atom stereocenters. The minimum absolute atomic E-state index is 0.140. The second kappa shape index (κ2) is 7.01. The summed E-state index contributed by atoms with van der Waals surface area (Å²) in [6, 6.07) is 3.15. The average molecular weight is 369 g/mol. The number of alkyl halides is 2. The van der Waals surface area contributed by atoms with Gasteiger partial charge in [0.25, 0.3) is 0 Å². The van der Waals surface area contributed by atoms with Crippen molar-refractivity contribution in [2.24, 2.45) is 11.8 Å². The third-order valence-corrected chi connectivity index (χ3v) is 5.44. The molecule has 1 fully saturated rings. The maximum atomic E-state index is 14.8. The highest BCUT2D eigenvalue weighted by Gasteiger charge is 2.44. The number of ether oxygens (including phenoxy) is 1. The van der Waals surface area contributed by atoms with E-state index in [4.69, 9.17) is 4.74 Å². The zero-order chi connectivity index (χ0) is 19.9. The van der Waals surface area contributed by atoms with Crippen LogP contribution in [0.5, 0.6) is 11.5 Å². The number of phenolic OH excluding ortho intramolecular Hbond substituents is 1. The van der Waals surface area contributed by atoms with Crippen molar-refractivity contribution in [1.82, 2.24) is 0 Å². The van der Waals surface area contributed by atoms with Crippen molar-refractivity contribution in [3.8, 4) is 11.5 Å². The van der Waals surface area contributed by atoms with Gasteiger partial charge < -0.3 is 9.84 Å². The SMILES string of the molecule is CC1CCC(C(F)(F)Oc2cc(C(C)(C)C)c(O)c(C(C)(C)C)c2)CC1. The van der Waals surface area contributed by atoms with Gasteiger partial charge in [0.1, 0.15) is 11.5 Å². The normalized spacial score (nSPS) is 22.3. The summed E-state index contributed by atoms with van der Waals surface area (Å²) >= 11 is 0. The molecule has 1 aliphatic carbocycles. The monoisotopic (exact) mass is 368 g/mol. The van der Waals surface area contributed by atoms with E-state index in [9.17, 15) is 13.9 Å². The maximum Gasteiger partial charge on any atom is 0.400 e. The number of rotatable bonds is 3. The van der Waals surface area contributed by atoms with Crippen molar-refractivity contribution in [1.29, 1.82) is 0 Å². The lowest BCUT2D eigenvalue weighted by Gasteiger charge is -2.33. The second-order valence-electron chi connectivity index (χ2n) is 9.99. The van der Waals surface area contributed by atoms with Crippen LogP contribution in [0, 0.1) is 11.8 Å². The Morgan fingerprint density at radius 2 is 1.31 bits per heavy atom. The predicted molar refractivity (Wildman–Crippen MR) is 102 cm³/mol. The Bertz CT molecular complexity index is 596. The molecule has 1 saturated carbocycles. The van der Waals surface area contributed by atoms with Gasteiger partial charge in [0.05, 0.1) is 5.92 Å². The summed E-state index contributed by atoms with van der Waals surface area (Å²) in [5.41, 5.74) is 0.513. The number of hydrogen-bond acceptors (Lipinski definition) is 2. The van der Waals surface area contributed by atoms with E-state index in [-0.39, 0.29) is 22.3 Å². The molecule has 1 aliphatic rings. The van der Waals surface area contributed by atoms with Crippen LogP contribution in [-0.4, -0.2) is 11.2 Å². The molecule has 1 N–H and O–H groups in total. The molecule has 0 heterocycles. The van der Waals surface area contributed by atoms with Gasteiger partial charge in [0.2, 0.25) is 0 Å². The molecule has 148 valence electrons. The Labute approximate surface area is 157 Å². The number of benzene rings is 1. The minimum Gasteiger partial charge on any atom is -0.507 e. The van der Waals surface area contributed by atoms with E-state index in [0.29, 0.717) is 29.9 Å². The lowest BCUT2D eigenvalue weighted by Crippen LogP contribution is -2.37. The summed E-state index contributed by atoms with van der Waals surface area (Å²) in [5.74, 6) is 0.0767. The van der Waals surface area contributed by atoms with Gasteiger partial charge in [-0.2, -0.15) is 8.78 Å². The third kappa shape index (κ3) is 4.69. The fourth-order valence-corrected chi connectivity index (χ4v) is 3.65. The fraction of sp³-hybridized carbons (Fsp3) is 0.727. The van der Waals surface area contributed by atoms with Gasteiger partial charge in [-0.15, -0.1) is 0 Å². The highest BCUT2D eigenvalue weighted by molar-refractivity contribution is 5.52. The van der Waals surface area contributed by atoms with Crippen LogP contribution in [-0.2, 0) is 10.8 Å². The summed E-state index contributed by atoms with van der Waals surface area (Å²) in [6.45, 7) is 13.9. The zero-order valence-electron chi connectivity index (χ0n) is 17.2. The Morgan fingerprint density at radius 3 is 1.69 bits per heavy atom. The number of halogens is 2. The van der Waals surface area contributed by atoms with E-state index < -0.39 is 12.0 Å². The van der Waals surface area contributed by atoms with Gasteiger partial charge in [-0.1, -0.05) is 61.3 Å². The van der Waals surface area contributed by atoms with Crippen LogP contribution in [0.25, 0.3) is 0 Å². The first-order valence-corrected chi connectivity index (χ1v) is 9.66. The van der Waals surface area contributed by atoms with Crippen molar-refractivity contribution in [2.75, 3.05) is 0 Å². The lowest BCUT2D eigenvalue weighted by atomic mass is 9.79. The highest BCUT2D eigenvalue weighted by Crippen LogP contribution is 2.44. The molecular formula is C22H34F2O2. The summed E-state index contributed by atoms with van der Waals surface area (Å²) in [6.07, 6.45) is -0.574. The molecule has 0 radical (unpaired) electrons. The van der Waals surface area contributed by atoms with Gasteiger partial charge in [-0.25, -0.2) is 0 Å². The molecule has 1 aromatic carbocycles. The quantitative estimate of drug-likeness (QED) is 0.637. The molecule has 0 saturated heterocycles. The molecule has 2 nitrogen and oxygen atoms in total. The van der Waals surface area contributed by atoms with Crippen LogP contribution in [0.1, 0.15) is 85.3 Å². The van der Waals surface area contributed by atoms with Crippen LogP contribution in [0.15, 0.2) is 12.1 Å². The summed E-state index contributed by atoms with van der Waals surface area (Å²) in [4.78, 5) is 0. The molecule has 0 aromatic heterocycles. The molecule has 4 heteroatoms. The average Bonchev–Trinajstić information content (AvgIpc) is 2.46. The molecule has 0 atom stereocenters. The van der Waals surface area contributed by atoms with Gasteiger partial charge in [0.15, 0.2) is 0 Å². The van der Waals surface area contributed by atoms with Gasteiger partial charge in [-0.3, -0.25) is 0 Å². The first-order valence-electron chi connectivity index (χ1n) is 9.66. The maximum absolute atomic E-state index is 14.8. The molecular weight excluding hydrogens is 334 g/mol. The van der Waals surface area contributed by atoms with E-state index in [0.717, 1.165) is 12.8 Å². The Kier molecular flexibility index (Phi) is 5.66. The molecule has 0 amide bonds. The Balaban J connectivity index is 2.39. The molecule has 0 spiro atoms. The summed E-state index contributed by atoms with van der Waals surface area (Å²) in [5, 5.41) is 10.7. The van der Waals surface area contributed by atoms with Crippen molar-refractivity contribution in [2.45, 2.75) is 91.1 Å². The number of aromatic hydroxyl groups is 1. The van der Waals surface area contributed by atoms with Gasteiger partial charge >= 0.3 is 6.11 Å². The molecule has 1 aromatic rings. The van der Waals surface area contributed by atoms with Crippen molar-refractivity contribution in [3.05, 3.63) is 23.3 Å². The van der Waals surface area contributed by atoms with E-state index >= 15 is 0 Å². The van der Waals surface area contributed by atoms with Gasteiger partial charge in [-0.05, 0) is 41.7 Å². The fourth-order valence-electron chi connectivity index (χ4n) is 3.65.